The molecule has 0 spiro atoms. The van der Waals surface area contributed by atoms with Crippen molar-refractivity contribution >= 4 is 18.4 Å². The minimum Gasteiger partial charge on any atom is -0.481 e. The van der Waals surface area contributed by atoms with Gasteiger partial charge in [-0.2, -0.15) is 0 Å². The summed E-state index contributed by atoms with van der Waals surface area (Å²) in [6.45, 7) is 6.94. The van der Waals surface area contributed by atoms with Crippen LogP contribution in [-0.4, -0.2) is 17.6 Å². The van der Waals surface area contributed by atoms with Crippen molar-refractivity contribution in [1.82, 2.24) is 0 Å². The number of hydrogen-bond donors (Lipinski definition) is 2. The molecule has 0 heterocycles. The predicted octanol–water partition coefficient (Wildman–Crippen LogP) is 2.28. The molecule has 1 unspecified atom stereocenters. The Labute approximate surface area is 92.5 Å². The van der Waals surface area contributed by atoms with E-state index in [1.165, 1.54) is 0 Å². The van der Waals surface area contributed by atoms with Crippen LogP contribution in [0.15, 0.2) is 0 Å². The molecule has 0 saturated carbocycles. The van der Waals surface area contributed by atoms with Gasteiger partial charge in [-0.05, 0) is 30.7 Å². The third-order valence-electron chi connectivity index (χ3n) is 2.10. The Morgan fingerprint density at radius 1 is 1.43 bits per heavy atom. The minimum atomic E-state index is -0.746. The van der Waals surface area contributed by atoms with E-state index in [4.69, 9.17) is 10.8 Å². The van der Waals surface area contributed by atoms with Gasteiger partial charge in [0.05, 0.1) is 0 Å². The smallest absolute Gasteiger partial charge is 0.303 e. The van der Waals surface area contributed by atoms with Crippen molar-refractivity contribution in [1.29, 1.82) is 0 Å². The Balaban J connectivity index is 0. The normalized spacial score (nSPS) is 13.1. The standard InChI is InChI=1S/C10H21NO2.ClH/c1-10(2,3)5-4-8(7-11)6-9(12)13;/h8H,4-7,11H2,1-3H3,(H,12,13);1H. The zero-order valence-corrected chi connectivity index (χ0v) is 10.1. The van der Waals surface area contributed by atoms with Crippen molar-refractivity contribution in [3.8, 4) is 0 Å². The third kappa shape index (κ3) is 9.81. The molecule has 3 nitrogen and oxygen atoms in total. The summed E-state index contributed by atoms with van der Waals surface area (Å²) in [5.41, 5.74) is 5.76. The van der Waals surface area contributed by atoms with Crippen LogP contribution in [0.25, 0.3) is 0 Å². The second kappa shape index (κ2) is 7.07. The highest BCUT2D eigenvalue weighted by atomic mass is 35.5. The monoisotopic (exact) mass is 223 g/mol. The molecule has 0 aliphatic rings. The van der Waals surface area contributed by atoms with Crippen LogP contribution >= 0.6 is 12.4 Å². The molecule has 0 aliphatic carbocycles. The number of carboxylic acid groups (broad SMARTS) is 1. The predicted molar refractivity (Wildman–Crippen MR) is 60.7 cm³/mol. The van der Waals surface area contributed by atoms with E-state index in [1.54, 1.807) is 0 Å². The topological polar surface area (TPSA) is 63.3 Å². The van der Waals surface area contributed by atoms with Crippen molar-refractivity contribution in [2.24, 2.45) is 17.1 Å². The van der Waals surface area contributed by atoms with E-state index in [0.29, 0.717) is 6.54 Å². The molecule has 14 heavy (non-hydrogen) atoms. The lowest BCUT2D eigenvalue weighted by Gasteiger charge is -2.21. The summed E-state index contributed by atoms with van der Waals surface area (Å²) in [6.07, 6.45) is 2.14. The summed E-state index contributed by atoms with van der Waals surface area (Å²) < 4.78 is 0. The molecular weight excluding hydrogens is 202 g/mol. The van der Waals surface area contributed by atoms with Gasteiger partial charge in [-0.3, -0.25) is 4.79 Å². The molecule has 0 aromatic rings. The van der Waals surface area contributed by atoms with Gasteiger partial charge >= 0.3 is 5.97 Å². The Morgan fingerprint density at radius 3 is 2.21 bits per heavy atom. The van der Waals surface area contributed by atoms with Crippen LogP contribution in [0.2, 0.25) is 0 Å². The van der Waals surface area contributed by atoms with E-state index in [-0.39, 0.29) is 30.2 Å². The number of rotatable bonds is 5. The Kier molecular flexibility index (Phi) is 8.16. The zero-order chi connectivity index (χ0) is 10.5. The van der Waals surface area contributed by atoms with Crippen LogP contribution in [0.4, 0.5) is 0 Å². The number of nitrogens with two attached hydrogens (primary N) is 1. The van der Waals surface area contributed by atoms with Crippen LogP contribution < -0.4 is 5.73 Å². The van der Waals surface area contributed by atoms with Gasteiger partial charge in [0.2, 0.25) is 0 Å². The summed E-state index contributed by atoms with van der Waals surface area (Å²) in [4.78, 5) is 10.4. The third-order valence-corrected chi connectivity index (χ3v) is 2.10. The summed E-state index contributed by atoms with van der Waals surface area (Å²) >= 11 is 0. The molecule has 4 heteroatoms. The van der Waals surface area contributed by atoms with Gasteiger partial charge in [0.15, 0.2) is 0 Å². The largest absolute Gasteiger partial charge is 0.481 e. The van der Waals surface area contributed by atoms with Crippen molar-refractivity contribution < 1.29 is 9.90 Å². The van der Waals surface area contributed by atoms with E-state index in [9.17, 15) is 4.79 Å². The fraction of sp³-hybridized carbons (Fsp3) is 0.900. The van der Waals surface area contributed by atoms with Crippen LogP contribution in [0.3, 0.4) is 0 Å². The van der Waals surface area contributed by atoms with Gasteiger partial charge in [0, 0.05) is 6.42 Å². The van der Waals surface area contributed by atoms with Crippen LogP contribution in [0.1, 0.15) is 40.0 Å². The Hall–Kier alpha value is -0.280. The molecule has 0 aromatic heterocycles. The summed E-state index contributed by atoms with van der Waals surface area (Å²) in [5.74, 6) is -0.610. The Morgan fingerprint density at radius 2 is 1.93 bits per heavy atom. The van der Waals surface area contributed by atoms with E-state index < -0.39 is 5.97 Å². The lowest BCUT2D eigenvalue weighted by atomic mass is 9.86. The lowest BCUT2D eigenvalue weighted by molar-refractivity contribution is -0.138. The molecule has 0 aromatic carbocycles. The SMILES string of the molecule is CC(C)(C)CCC(CN)CC(=O)O.Cl. The molecule has 0 fully saturated rings. The first-order valence-corrected chi connectivity index (χ1v) is 4.77. The van der Waals surface area contributed by atoms with Crippen molar-refractivity contribution in [2.45, 2.75) is 40.0 Å². The number of carboxylic acids is 1. The van der Waals surface area contributed by atoms with Gasteiger partial charge in [0.25, 0.3) is 0 Å². The molecule has 0 bridgehead atoms. The Bertz CT molecular complexity index is 166. The van der Waals surface area contributed by atoms with Gasteiger partial charge in [-0.1, -0.05) is 20.8 Å². The fourth-order valence-corrected chi connectivity index (χ4v) is 1.19. The highest BCUT2D eigenvalue weighted by molar-refractivity contribution is 5.85. The van der Waals surface area contributed by atoms with Gasteiger partial charge in [-0.25, -0.2) is 0 Å². The quantitative estimate of drug-likeness (QED) is 0.752. The molecular formula is C10H22ClNO2. The van der Waals surface area contributed by atoms with E-state index in [1.807, 2.05) is 0 Å². The maximum atomic E-state index is 10.4. The van der Waals surface area contributed by atoms with Gasteiger partial charge in [0.1, 0.15) is 0 Å². The molecule has 3 N–H and O–H groups in total. The number of carbonyl (C=O) groups is 1. The highest BCUT2D eigenvalue weighted by Crippen LogP contribution is 2.24. The maximum absolute atomic E-state index is 10.4. The van der Waals surface area contributed by atoms with Crippen LogP contribution in [0, 0.1) is 11.3 Å². The number of halogens is 1. The van der Waals surface area contributed by atoms with Gasteiger partial charge < -0.3 is 10.8 Å². The first-order valence-electron chi connectivity index (χ1n) is 4.77. The average Bonchev–Trinajstić information content (AvgIpc) is 1.95. The lowest BCUT2D eigenvalue weighted by Crippen LogP contribution is -2.20. The van der Waals surface area contributed by atoms with E-state index >= 15 is 0 Å². The number of hydrogen-bond acceptors (Lipinski definition) is 2. The first-order chi connectivity index (χ1) is 5.85. The van der Waals surface area contributed by atoms with Crippen molar-refractivity contribution in [3.63, 3.8) is 0 Å². The minimum absolute atomic E-state index is 0. The van der Waals surface area contributed by atoms with Crippen molar-refractivity contribution in [3.05, 3.63) is 0 Å². The molecule has 0 rings (SSSR count). The van der Waals surface area contributed by atoms with Gasteiger partial charge in [-0.15, -0.1) is 12.4 Å². The summed E-state index contributed by atoms with van der Waals surface area (Å²) in [5, 5.41) is 8.59. The molecule has 0 radical (unpaired) electrons. The van der Waals surface area contributed by atoms with Crippen molar-refractivity contribution in [2.75, 3.05) is 6.54 Å². The molecule has 0 amide bonds. The molecule has 1 atom stereocenters. The van der Waals surface area contributed by atoms with E-state index in [0.717, 1.165) is 12.8 Å². The first kappa shape index (κ1) is 16.2. The summed E-state index contributed by atoms with van der Waals surface area (Å²) in [7, 11) is 0. The molecule has 86 valence electrons. The zero-order valence-electron chi connectivity index (χ0n) is 9.25. The second-order valence-electron chi connectivity index (χ2n) is 4.80. The highest BCUT2D eigenvalue weighted by Gasteiger charge is 2.16. The summed E-state index contributed by atoms with van der Waals surface area (Å²) in [6, 6.07) is 0. The average molecular weight is 224 g/mol. The molecule has 0 aliphatic heterocycles. The van der Waals surface area contributed by atoms with E-state index in [2.05, 4.69) is 20.8 Å². The van der Waals surface area contributed by atoms with Crippen LogP contribution in [-0.2, 0) is 4.79 Å². The maximum Gasteiger partial charge on any atom is 0.303 e. The number of aliphatic carboxylic acids is 1. The second-order valence-corrected chi connectivity index (χ2v) is 4.80. The van der Waals surface area contributed by atoms with Crippen LogP contribution in [0.5, 0.6) is 0 Å². The molecule has 0 saturated heterocycles. The fourth-order valence-electron chi connectivity index (χ4n) is 1.19.